The third kappa shape index (κ3) is 10.8. The molecule has 61 heavy (non-hydrogen) atoms. The van der Waals surface area contributed by atoms with Crippen molar-refractivity contribution in [2.24, 2.45) is 7.05 Å². The van der Waals surface area contributed by atoms with Crippen LogP contribution in [-0.4, -0.2) is 89.6 Å². The summed E-state index contributed by atoms with van der Waals surface area (Å²) in [5.41, 5.74) is 10.5. The molecule has 1 aromatic carbocycles. The second kappa shape index (κ2) is 20.0. The quantitative estimate of drug-likeness (QED) is 0.0587. The van der Waals surface area contributed by atoms with E-state index >= 15 is 0 Å². The maximum absolute atomic E-state index is 6.82. The van der Waals surface area contributed by atoms with E-state index in [9.17, 15) is 0 Å². The van der Waals surface area contributed by atoms with Gasteiger partial charge in [0.05, 0.1) is 45.8 Å². The van der Waals surface area contributed by atoms with Gasteiger partial charge < -0.3 is 18.6 Å². The predicted molar refractivity (Wildman–Crippen MR) is 264 cm³/mol. The molecule has 0 amide bonds. The van der Waals surface area contributed by atoms with Crippen molar-refractivity contribution in [3.63, 3.8) is 0 Å². The molecule has 4 aromatic rings. The van der Waals surface area contributed by atoms with Crippen LogP contribution in [-0.2, 0) is 22.8 Å². The Balaban J connectivity index is 1.43. The van der Waals surface area contributed by atoms with Crippen molar-refractivity contribution in [2.75, 3.05) is 26.8 Å². The molecule has 3 aromatic heterocycles. The van der Waals surface area contributed by atoms with Crippen LogP contribution in [0.15, 0.2) is 24.4 Å². The first-order valence-corrected chi connectivity index (χ1v) is 28.8. The Morgan fingerprint density at radius 1 is 0.967 bits per heavy atom. The summed E-state index contributed by atoms with van der Waals surface area (Å²) >= 11 is 2.40. The molecule has 0 bridgehead atoms. The van der Waals surface area contributed by atoms with Crippen molar-refractivity contribution in [3.05, 3.63) is 39.4 Å². The van der Waals surface area contributed by atoms with Crippen LogP contribution in [0.2, 0.25) is 34.8 Å². The zero-order chi connectivity index (χ0) is 45.2. The highest BCUT2D eigenvalue weighted by Gasteiger charge is 2.42. The van der Waals surface area contributed by atoms with E-state index in [1.165, 1.54) is 0 Å². The summed E-state index contributed by atoms with van der Waals surface area (Å²) in [6.07, 6.45) is 4.84. The molecule has 0 saturated carbocycles. The average Bonchev–Trinajstić information content (AvgIpc) is 3.82. The molecule has 0 radical (unpaired) electrons. The Kier molecular flexibility index (Phi) is 16.2. The summed E-state index contributed by atoms with van der Waals surface area (Å²) in [6, 6.07) is 6.60. The number of fused-ring (bicyclic) bond motifs is 1. The van der Waals surface area contributed by atoms with Crippen molar-refractivity contribution in [1.82, 2.24) is 34.2 Å². The molecule has 338 valence electrons. The largest absolute Gasteiger partial charge is 0.473 e. The van der Waals surface area contributed by atoms with Crippen molar-refractivity contribution >= 4 is 49.9 Å². The lowest BCUT2D eigenvalue weighted by molar-refractivity contribution is -0.0367. The van der Waals surface area contributed by atoms with E-state index < -0.39 is 16.4 Å². The zero-order valence-corrected chi connectivity index (χ0v) is 44.6. The molecule has 4 heterocycles. The second-order valence-electron chi connectivity index (χ2n) is 20.0. The lowest BCUT2D eigenvalue weighted by Crippen LogP contribution is -2.43. The van der Waals surface area contributed by atoms with Crippen LogP contribution in [0.3, 0.4) is 0 Å². The van der Waals surface area contributed by atoms with Crippen LogP contribution in [0.1, 0.15) is 133 Å². The van der Waals surface area contributed by atoms with Gasteiger partial charge in [-0.3, -0.25) is 9.58 Å². The van der Waals surface area contributed by atoms with E-state index in [0.717, 1.165) is 68.7 Å². The van der Waals surface area contributed by atoms with Gasteiger partial charge in [-0.05, 0) is 129 Å². The molecule has 11 nitrogen and oxygen atoms in total. The van der Waals surface area contributed by atoms with E-state index in [4.69, 9.17) is 33.9 Å². The van der Waals surface area contributed by atoms with Crippen LogP contribution in [0.25, 0.3) is 22.0 Å². The van der Waals surface area contributed by atoms with Gasteiger partial charge in [-0.1, -0.05) is 74.3 Å². The standard InChI is InChI=1S/C47H76IN7O4Si2/c1-31(2)58-45-43(48)44(54(51-45)24-26-57-60(16,17)47(11,12)13)36(10)52(14)30-35(9)59-46-39(29-49-53(46)15)37-21-22-41-38(28-37)40(50-55(41)42-20-18-19-25-56-42)23-27-61(32(3)4,33(5)6)34(7)8/h21-22,28-29,31-36,42H,18-20,24-26,30H2,1-17H3. The minimum atomic E-state index is -2.00. The molecular weight excluding hydrogens is 910 g/mol. The van der Waals surface area contributed by atoms with Gasteiger partial charge in [-0.15, -0.1) is 10.6 Å². The normalized spacial score (nSPS) is 16.6. The number of halogens is 1. The topological polar surface area (TPSA) is 93.6 Å². The molecule has 1 aliphatic heterocycles. The van der Waals surface area contributed by atoms with Crippen LogP contribution in [0.5, 0.6) is 11.8 Å². The molecule has 1 saturated heterocycles. The molecule has 0 aliphatic carbocycles. The number of benzene rings is 1. The molecule has 14 heteroatoms. The van der Waals surface area contributed by atoms with E-state index in [2.05, 4.69) is 163 Å². The number of hydrogen-bond acceptors (Lipinski definition) is 8. The Morgan fingerprint density at radius 2 is 1.64 bits per heavy atom. The SMILES string of the molecule is CC(C)Oc1nn(CCO[Si](C)(C)C(C)(C)C)c(C(C)N(C)CC(C)Oc2c(-c3ccc4c(c3)c(C#C[Si](C(C)C)(C(C)C)C(C)C)nn4C3CCCCO3)cnn2C)c1I. The number of ether oxygens (including phenoxy) is 3. The fraction of sp³-hybridized carbons (Fsp3) is 0.681. The Labute approximate surface area is 383 Å². The zero-order valence-electron chi connectivity index (χ0n) is 40.4. The van der Waals surface area contributed by atoms with Gasteiger partial charge in [0.1, 0.15) is 19.9 Å². The van der Waals surface area contributed by atoms with E-state index in [-0.39, 0.29) is 29.5 Å². The third-order valence-electron chi connectivity index (χ3n) is 13.3. The van der Waals surface area contributed by atoms with Gasteiger partial charge in [-0.25, -0.2) is 9.36 Å². The number of rotatable bonds is 17. The summed E-state index contributed by atoms with van der Waals surface area (Å²) in [5.74, 6) is 5.10. The van der Waals surface area contributed by atoms with E-state index in [0.29, 0.717) is 42.2 Å². The first-order valence-electron chi connectivity index (χ1n) is 22.6. The summed E-state index contributed by atoms with van der Waals surface area (Å²) in [4.78, 5) is 2.33. The third-order valence-corrected chi connectivity index (χ3v) is 25.2. The minimum absolute atomic E-state index is 0.0193. The van der Waals surface area contributed by atoms with Gasteiger partial charge >= 0.3 is 0 Å². The lowest BCUT2D eigenvalue weighted by atomic mass is 10.1. The second-order valence-corrected chi connectivity index (χ2v) is 31.5. The van der Waals surface area contributed by atoms with Gasteiger partial charge in [-0.2, -0.15) is 10.2 Å². The first-order chi connectivity index (χ1) is 28.5. The summed E-state index contributed by atoms with van der Waals surface area (Å²) in [5, 5.41) is 16.1. The highest BCUT2D eigenvalue weighted by Crippen LogP contribution is 2.42. The van der Waals surface area contributed by atoms with Crippen LogP contribution in [0, 0.1) is 15.0 Å². The fourth-order valence-electron chi connectivity index (χ4n) is 8.80. The summed E-state index contributed by atoms with van der Waals surface area (Å²) in [7, 11) is 0.185. The van der Waals surface area contributed by atoms with Gasteiger partial charge in [0.25, 0.3) is 0 Å². The molecule has 0 N–H and O–H groups in total. The number of likely N-dealkylation sites (N-methyl/N-ethyl adjacent to an activating group) is 1. The summed E-state index contributed by atoms with van der Waals surface area (Å²) < 4.78 is 32.9. The molecule has 3 atom stereocenters. The Hall–Kier alpha value is -2.69. The molecule has 0 spiro atoms. The van der Waals surface area contributed by atoms with Crippen LogP contribution in [0.4, 0.5) is 0 Å². The highest BCUT2D eigenvalue weighted by atomic mass is 127. The van der Waals surface area contributed by atoms with Crippen LogP contribution >= 0.6 is 22.6 Å². The maximum atomic E-state index is 6.82. The van der Waals surface area contributed by atoms with Crippen molar-refractivity contribution in [3.8, 4) is 34.4 Å². The Bertz CT molecular complexity index is 2130. The molecular formula is C47H76IN7O4Si2. The fourth-order valence-corrected chi connectivity index (χ4v) is 16.0. The van der Waals surface area contributed by atoms with Crippen molar-refractivity contribution in [2.45, 2.75) is 175 Å². The van der Waals surface area contributed by atoms with Gasteiger partial charge in [0.15, 0.2) is 14.5 Å². The van der Waals surface area contributed by atoms with Crippen molar-refractivity contribution in [1.29, 1.82) is 0 Å². The molecule has 5 rings (SSSR count). The molecule has 1 fully saturated rings. The van der Waals surface area contributed by atoms with Crippen molar-refractivity contribution < 1.29 is 18.6 Å². The molecule has 3 unspecified atom stereocenters. The monoisotopic (exact) mass is 985 g/mol. The highest BCUT2D eigenvalue weighted by molar-refractivity contribution is 14.1. The van der Waals surface area contributed by atoms with Gasteiger partial charge in [0.2, 0.25) is 11.8 Å². The number of aromatic nitrogens is 6. The number of aryl methyl sites for hydroxylation is 1. The smallest absolute Gasteiger partial charge is 0.247 e. The average molecular weight is 986 g/mol. The number of nitrogens with zero attached hydrogens (tertiary/aromatic N) is 7. The van der Waals surface area contributed by atoms with E-state index in [1.54, 1.807) is 0 Å². The predicted octanol–water partition coefficient (Wildman–Crippen LogP) is 11.8. The number of hydrogen-bond donors (Lipinski definition) is 0. The molecule has 1 aliphatic rings. The maximum Gasteiger partial charge on any atom is 0.247 e. The first kappa shape index (κ1) is 49.3. The van der Waals surface area contributed by atoms with Gasteiger partial charge in [0, 0.05) is 31.6 Å². The lowest BCUT2D eigenvalue weighted by Gasteiger charge is -2.38. The summed E-state index contributed by atoms with van der Waals surface area (Å²) in [6.45, 7) is 36.7. The Morgan fingerprint density at radius 3 is 2.23 bits per heavy atom. The van der Waals surface area contributed by atoms with Crippen LogP contribution < -0.4 is 9.47 Å². The minimum Gasteiger partial charge on any atom is -0.473 e. The van der Waals surface area contributed by atoms with E-state index in [1.807, 2.05) is 31.8 Å².